The van der Waals surface area contributed by atoms with Gasteiger partial charge in [-0.1, -0.05) is 0 Å². The van der Waals surface area contributed by atoms with Crippen LogP contribution in [0.1, 0.15) is 18.7 Å². The van der Waals surface area contributed by atoms with Crippen LogP contribution in [-0.4, -0.2) is 69.8 Å². The number of carbonyl (C=O) groups excluding carboxylic acids is 1. The van der Waals surface area contributed by atoms with Crippen molar-refractivity contribution in [3.8, 4) is 0 Å². The van der Waals surface area contributed by atoms with Crippen LogP contribution in [0.3, 0.4) is 0 Å². The molecule has 0 N–H and O–H groups in total. The van der Waals surface area contributed by atoms with Crippen LogP contribution in [0.25, 0.3) is 5.65 Å². The second kappa shape index (κ2) is 6.35. The van der Waals surface area contributed by atoms with Crippen LogP contribution in [-0.2, 0) is 9.53 Å². The zero-order valence-corrected chi connectivity index (χ0v) is 13.9. The monoisotopic (exact) mass is 330 g/mol. The summed E-state index contributed by atoms with van der Waals surface area (Å²) in [5, 5.41) is 8.37. The van der Waals surface area contributed by atoms with Gasteiger partial charge in [-0.25, -0.2) is 4.98 Å². The fourth-order valence-electron chi connectivity index (χ4n) is 3.53. The molecule has 0 unspecified atom stereocenters. The molecule has 128 valence electrons. The van der Waals surface area contributed by atoms with E-state index in [1.807, 2.05) is 22.4 Å². The molecule has 2 aliphatic rings. The molecule has 0 atom stereocenters. The average Bonchev–Trinajstić information content (AvgIpc) is 3.03. The first kappa shape index (κ1) is 15.3. The minimum absolute atomic E-state index is 0.110. The molecule has 0 radical (unpaired) electrons. The topological polar surface area (TPSA) is 75.9 Å². The van der Waals surface area contributed by atoms with E-state index in [1.54, 1.807) is 6.20 Å². The zero-order chi connectivity index (χ0) is 16.5. The lowest BCUT2D eigenvalue weighted by atomic mass is 9.95. The summed E-state index contributed by atoms with van der Waals surface area (Å²) in [6.45, 7) is 6.32. The maximum Gasteiger partial charge on any atom is 0.225 e. The van der Waals surface area contributed by atoms with Gasteiger partial charge in [0.25, 0.3) is 0 Å². The molecule has 1 amide bonds. The molecule has 0 aliphatic carbocycles. The molecule has 4 heterocycles. The average molecular weight is 330 g/mol. The Bertz CT molecular complexity index is 731. The minimum atomic E-state index is 0.110. The minimum Gasteiger partial charge on any atom is -0.378 e. The number of anilines is 1. The van der Waals surface area contributed by atoms with E-state index in [1.165, 1.54) is 0 Å². The molecule has 24 heavy (non-hydrogen) atoms. The van der Waals surface area contributed by atoms with Crippen molar-refractivity contribution >= 4 is 17.4 Å². The predicted molar refractivity (Wildman–Crippen MR) is 87.9 cm³/mol. The number of fused-ring (bicyclic) bond motifs is 1. The molecular weight excluding hydrogens is 308 g/mol. The van der Waals surface area contributed by atoms with Gasteiger partial charge in [0.2, 0.25) is 11.6 Å². The summed E-state index contributed by atoms with van der Waals surface area (Å²) in [5.41, 5.74) is 0.785. The smallest absolute Gasteiger partial charge is 0.225 e. The van der Waals surface area contributed by atoms with Crippen LogP contribution in [0.5, 0.6) is 0 Å². The molecule has 8 nitrogen and oxygen atoms in total. The maximum atomic E-state index is 12.6. The lowest BCUT2D eigenvalue weighted by molar-refractivity contribution is -0.140. The fourth-order valence-corrected chi connectivity index (χ4v) is 3.53. The van der Waals surface area contributed by atoms with Gasteiger partial charge >= 0.3 is 0 Å². The summed E-state index contributed by atoms with van der Waals surface area (Å²) in [6, 6.07) is 0. The van der Waals surface area contributed by atoms with Crippen molar-refractivity contribution in [2.75, 3.05) is 44.3 Å². The van der Waals surface area contributed by atoms with E-state index in [-0.39, 0.29) is 11.8 Å². The maximum absolute atomic E-state index is 12.6. The van der Waals surface area contributed by atoms with Crippen molar-refractivity contribution in [3.63, 3.8) is 0 Å². The molecule has 0 aromatic carbocycles. The number of hydrogen-bond donors (Lipinski definition) is 0. The van der Waals surface area contributed by atoms with Crippen molar-refractivity contribution in [1.82, 2.24) is 24.5 Å². The van der Waals surface area contributed by atoms with Crippen molar-refractivity contribution in [2.45, 2.75) is 19.8 Å². The number of rotatable bonds is 2. The molecule has 0 spiro atoms. The Balaban J connectivity index is 1.44. The summed E-state index contributed by atoms with van der Waals surface area (Å²) in [5.74, 6) is 2.10. The summed E-state index contributed by atoms with van der Waals surface area (Å²) in [4.78, 5) is 21.3. The first-order valence-electron chi connectivity index (χ1n) is 8.52. The Kier molecular flexibility index (Phi) is 4.05. The summed E-state index contributed by atoms with van der Waals surface area (Å²) in [7, 11) is 0. The molecular formula is C16H22N6O2. The number of ether oxygens (including phenoxy) is 1. The third-order valence-electron chi connectivity index (χ3n) is 4.95. The zero-order valence-electron chi connectivity index (χ0n) is 13.9. The van der Waals surface area contributed by atoms with E-state index in [0.717, 1.165) is 56.3 Å². The Morgan fingerprint density at radius 3 is 2.67 bits per heavy atom. The van der Waals surface area contributed by atoms with Gasteiger partial charge in [0.05, 0.1) is 13.2 Å². The molecule has 2 aromatic heterocycles. The number of carbonyl (C=O) groups is 1. The largest absolute Gasteiger partial charge is 0.378 e. The summed E-state index contributed by atoms with van der Waals surface area (Å²) < 4.78 is 7.28. The Hall–Kier alpha value is -2.22. The lowest BCUT2D eigenvalue weighted by Crippen LogP contribution is -2.47. The standard InChI is InChI=1S/C16H22N6O2/c1-12-18-19-15-14(17-4-7-22(12)15)20-5-2-13(3-6-20)16(23)21-8-10-24-11-9-21/h4,7,13H,2-3,5-6,8-11H2,1H3. The first-order valence-corrected chi connectivity index (χ1v) is 8.52. The van der Waals surface area contributed by atoms with Crippen LogP contribution in [0.4, 0.5) is 5.82 Å². The number of nitrogens with zero attached hydrogens (tertiary/aromatic N) is 6. The van der Waals surface area contributed by atoms with Crippen LogP contribution in [0.2, 0.25) is 0 Å². The molecule has 8 heteroatoms. The number of aryl methyl sites for hydroxylation is 1. The SMILES string of the molecule is Cc1nnc2c(N3CCC(C(=O)N4CCOCC4)CC3)nccn12. The van der Waals surface area contributed by atoms with Gasteiger partial charge < -0.3 is 14.5 Å². The molecule has 0 saturated carbocycles. The molecule has 4 rings (SSSR count). The van der Waals surface area contributed by atoms with Gasteiger partial charge in [0.1, 0.15) is 5.82 Å². The molecule has 0 bridgehead atoms. The second-order valence-electron chi connectivity index (χ2n) is 6.39. The Morgan fingerprint density at radius 1 is 1.17 bits per heavy atom. The van der Waals surface area contributed by atoms with Crippen molar-refractivity contribution in [1.29, 1.82) is 0 Å². The van der Waals surface area contributed by atoms with Gasteiger partial charge in [-0.2, -0.15) is 0 Å². The van der Waals surface area contributed by atoms with Crippen LogP contribution < -0.4 is 4.90 Å². The van der Waals surface area contributed by atoms with Crippen LogP contribution >= 0.6 is 0 Å². The van der Waals surface area contributed by atoms with Crippen LogP contribution in [0, 0.1) is 12.8 Å². The van der Waals surface area contributed by atoms with E-state index >= 15 is 0 Å². The first-order chi connectivity index (χ1) is 11.7. The van der Waals surface area contributed by atoms with E-state index in [4.69, 9.17) is 4.74 Å². The number of hydrogen-bond acceptors (Lipinski definition) is 6. The van der Waals surface area contributed by atoms with E-state index in [0.29, 0.717) is 13.2 Å². The quantitative estimate of drug-likeness (QED) is 0.798. The highest BCUT2D eigenvalue weighted by atomic mass is 16.5. The number of piperidine rings is 1. The molecule has 2 aromatic rings. The van der Waals surface area contributed by atoms with Gasteiger partial charge in [-0.15, -0.1) is 10.2 Å². The highest BCUT2D eigenvalue weighted by Gasteiger charge is 2.30. The van der Waals surface area contributed by atoms with Gasteiger partial charge in [-0.05, 0) is 19.8 Å². The van der Waals surface area contributed by atoms with Gasteiger partial charge in [-0.3, -0.25) is 9.20 Å². The molecule has 2 aliphatic heterocycles. The van der Waals surface area contributed by atoms with Gasteiger partial charge in [0, 0.05) is 44.5 Å². The highest BCUT2D eigenvalue weighted by molar-refractivity contribution is 5.79. The number of aromatic nitrogens is 4. The Labute approximate surface area is 140 Å². The normalized spacial score (nSPS) is 19.9. The van der Waals surface area contributed by atoms with Crippen LogP contribution in [0.15, 0.2) is 12.4 Å². The van der Waals surface area contributed by atoms with Crippen molar-refractivity contribution < 1.29 is 9.53 Å². The lowest BCUT2D eigenvalue weighted by Gasteiger charge is -2.35. The molecule has 2 saturated heterocycles. The third kappa shape index (κ3) is 2.71. The number of amides is 1. The third-order valence-corrected chi connectivity index (χ3v) is 4.95. The van der Waals surface area contributed by atoms with E-state index in [9.17, 15) is 4.79 Å². The van der Waals surface area contributed by atoms with E-state index in [2.05, 4.69) is 20.1 Å². The predicted octanol–water partition coefficient (Wildman–Crippen LogP) is 0.508. The number of morpholine rings is 1. The summed E-state index contributed by atoms with van der Waals surface area (Å²) >= 11 is 0. The second-order valence-corrected chi connectivity index (χ2v) is 6.39. The Morgan fingerprint density at radius 2 is 1.92 bits per heavy atom. The summed E-state index contributed by atoms with van der Waals surface area (Å²) in [6.07, 6.45) is 5.37. The van der Waals surface area contributed by atoms with E-state index < -0.39 is 0 Å². The highest BCUT2D eigenvalue weighted by Crippen LogP contribution is 2.26. The van der Waals surface area contributed by atoms with Crippen molar-refractivity contribution in [3.05, 3.63) is 18.2 Å². The van der Waals surface area contributed by atoms with Gasteiger partial charge in [0.15, 0.2) is 5.82 Å². The fraction of sp³-hybridized carbons (Fsp3) is 0.625. The van der Waals surface area contributed by atoms with Crippen molar-refractivity contribution in [2.24, 2.45) is 5.92 Å². The molecule has 2 fully saturated rings.